The number of halogens is 1. The van der Waals surface area contributed by atoms with E-state index in [4.69, 9.17) is 16.3 Å². The topological polar surface area (TPSA) is 78.5 Å². The molecule has 2 aliphatic rings. The molecule has 0 saturated carbocycles. The Morgan fingerprint density at radius 1 is 1.14 bits per heavy atom. The van der Waals surface area contributed by atoms with Crippen LogP contribution in [-0.4, -0.2) is 24.1 Å². The Morgan fingerprint density at radius 2 is 1.76 bits per heavy atom. The van der Waals surface area contributed by atoms with Gasteiger partial charge in [0.1, 0.15) is 0 Å². The van der Waals surface area contributed by atoms with Crippen LogP contribution in [0.25, 0.3) is 0 Å². The highest BCUT2D eigenvalue weighted by molar-refractivity contribution is 6.30. The fraction of sp³-hybridized carbons (Fsp3) is 0.333. The molecule has 1 saturated heterocycles. The average molecular weight is 307 g/mol. The monoisotopic (exact) mass is 306 g/mol. The molecule has 4 atom stereocenters. The van der Waals surface area contributed by atoms with Crippen LogP contribution in [0.1, 0.15) is 5.56 Å². The molecular weight excluding hydrogens is 294 g/mol. The summed E-state index contributed by atoms with van der Waals surface area (Å²) in [4.78, 5) is 23.4. The second kappa shape index (κ2) is 5.50. The molecule has 0 spiro atoms. The SMILES string of the molecule is O=C([O-])[C@@H]1[C@@H](C(=O)NCc2ccc(Cl)cc2)[C@H]2C=C[C@@H]1O2. The maximum absolute atomic E-state index is 12.2. The molecule has 1 aromatic carbocycles. The molecule has 1 amide bonds. The standard InChI is InChI=1S/C15H14ClNO4/c16-9-3-1-8(2-4-9)7-17-14(18)12-10-5-6-11(21-10)13(12)15(19)20/h1-6,10-13H,7H2,(H,17,18)(H,19,20)/p-1/t10-,11+,12+,13+/m1/s1. The van der Waals surface area contributed by atoms with E-state index in [9.17, 15) is 14.7 Å². The molecule has 0 aliphatic carbocycles. The smallest absolute Gasteiger partial charge is 0.227 e. The molecule has 0 aromatic heterocycles. The van der Waals surface area contributed by atoms with Gasteiger partial charge in [-0.1, -0.05) is 35.9 Å². The number of hydrogen-bond donors (Lipinski definition) is 1. The summed E-state index contributed by atoms with van der Waals surface area (Å²) in [5, 5.41) is 14.6. The highest BCUT2D eigenvalue weighted by Crippen LogP contribution is 2.38. The summed E-state index contributed by atoms with van der Waals surface area (Å²) in [6.07, 6.45) is 2.36. The van der Waals surface area contributed by atoms with E-state index in [0.717, 1.165) is 5.56 Å². The van der Waals surface area contributed by atoms with Crippen LogP contribution in [0.5, 0.6) is 0 Å². The summed E-state index contributed by atoms with van der Waals surface area (Å²) < 4.78 is 5.44. The van der Waals surface area contributed by atoms with Gasteiger partial charge in [0.05, 0.1) is 18.1 Å². The van der Waals surface area contributed by atoms with Gasteiger partial charge >= 0.3 is 0 Å². The van der Waals surface area contributed by atoms with Crippen molar-refractivity contribution in [3.63, 3.8) is 0 Å². The average Bonchev–Trinajstić information content (AvgIpc) is 3.06. The Hall–Kier alpha value is -1.85. The maximum atomic E-state index is 12.2. The number of carbonyl (C=O) groups excluding carboxylic acids is 2. The Labute approximate surface area is 126 Å². The molecule has 21 heavy (non-hydrogen) atoms. The number of carboxylic acid groups (broad SMARTS) is 1. The molecule has 0 radical (unpaired) electrons. The van der Waals surface area contributed by atoms with Gasteiger partial charge in [-0.05, 0) is 17.7 Å². The molecular formula is C15H13ClNO4-. The van der Waals surface area contributed by atoms with E-state index in [0.29, 0.717) is 11.6 Å². The van der Waals surface area contributed by atoms with Crippen molar-refractivity contribution in [2.24, 2.45) is 11.8 Å². The van der Waals surface area contributed by atoms with Crippen LogP contribution in [-0.2, 0) is 20.9 Å². The van der Waals surface area contributed by atoms with Crippen molar-refractivity contribution in [1.82, 2.24) is 5.32 Å². The Balaban J connectivity index is 1.66. The van der Waals surface area contributed by atoms with Crippen molar-refractivity contribution in [2.45, 2.75) is 18.8 Å². The lowest BCUT2D eigenvalue weighted by Crippen LogP contribution is -2.46. The number of aliphatic carboxylic acids is 1. The number of rotatable bonds is 4. The molecule has 2 heterocycles. The number of ether oxygens (including phenoxy) is 1. The van der Waals surface area contributed by atoms with Gasteiger partial charge in [0.15, 0.2) is 0 Å². The van der Waals surface area contributed by atoms with Crippen LogP contribution in [0.4, 0.5) is 0 Å². The molecule has 2 bridgehead atoms. The van der Waals surface area contributed by atoms with Crippen LogP contribution >= 0.6 is 11.6 Å². The first kappa shape index (κ1) is 14.1. The molecule has 1 fully saturated rings. The number of benzene rings is 1. The number of hydrogen-bond acceptors (Lipinski definition) is 4. The quantitative estimate of drug-likeness (QED) is 0.810. The lowest BCUT2D eigenvalue weighted by molar-refractivity contribution is -0.313. The van der Waals surface area contributed by atoms with Crippen LogP contribution < -0.4 is 10.4 Å². The summed E-state index contributed by atoms with van der Waals surface area (Å²) in [7, 11) is 0. The van der Waals surface area contributed by atoms with Gasteiger partial charge < -0.3 is 20.0 Å². The summed E-state index contributed by atoms with van der Waals surface area (Å²) in [5.41, 5.74) is 0.886. The van der Waals surface area contributed by atoms with Gasteiger partial charge in [-0.3, -0.25) is 4.79 Å². The van der Waals surface area contributed by atoms with Crippen LogP contribution in [0.15, 0.2) is 36.4 Å². The first-order chi connectivity index (χ1) is 10.1. The van der Waals surface area contributed by atoms with Crippen molar-refractivity contribution >= 4 is 23.5 Å². The van der Waals surface area contributed by atoms with E-state index in [-0.39, 0.29) is 5.91 Å². The van der Waals surface area contributed by atoms with Crippen LogP contribution in [0.2, 0.25) is 5.02 Å². The molecule has 0 unspecified atom stereocenters. The Morgan fingerprint density at radius 3 is 2.38 bits per heavy atom. The number of nitrogens with one attached hydrogen (secondary N) is 1. The third kappa shape index (κ3) is 2.66. The number of amides is 1. The molecule has 3 rings (SSSR count). The minimum absolute atomic E-state index is 0.313. The lowest BCUT2D eigenvalue weighted by Gasteiger charge is -2.24. The van der Waals surface area contributed by atoms with E-state index in [1.54, 1.807) is 36.4 Å². The Bertz CT molecular complexity index is 598. The van der Waals surface area contributed by atoms with Gasteiger partial charge in [0.2, 0.25) is 5.91 Å². The summed E-state index contributed by atoms with van der Waals surface area (Å²) in [6.45, 7) is 0.313. The van der Waals surface area contributed by atoms with Crippen molar-refractivity contribution in [3.8, 4) is 0 Å². The van der Waals surface area contributed by atoms with E-state index in [2.05, 4.69) is 5.32 Å². The summed E-state index contributed by atoms with van der Waals surface area (Å²) in [5.74, 6) is -3.25. The van der Waals surface area contributed by atoms with E-state index < -0.39 is 30.0 Å². The third-order valence-electron chi connectivity index (χ3n) is 3.85. The minimum Gasteiger partial charge on any atom is -0.550 e. The van der Waals surface area contributed by atoms with E-state index in [1.165, 1.54) is 0 Å². The molecule has 1 N–H and O–H groups in total. The highest BCUT2D eigenvalue weighted by Gasteiger charge is 2.50. The zero-order valence-corrected chi connectivity index (χ0v) is 11.7. The molecule has 110 valence electrons. The van der Waals surface area contributed by atoms with Gasteiger partial charge in [0, 0.05) is 23.5 Å². The first-order valence-electron chi connectivity index (χ1n) is 6.63. The zero-order chi connectivity index (χ0) is 15.0. The van der Waals surface area contributed by atoms with Gasteiger partial charge in [0.25, 0.3) is 0 Å². The van der Waals surface area contributed by atoms with Crippen LogP contribution in [0.3, 0.4) is 0 Å². The van der Waals surface area contributed by atoms with Crippen LogP contribution in [0, 0.1) is 11.8 Å². The Kier molecular flexibility index (Phi) is 3.69. The third-order valence-corrected chi connectivity index (χ3v) is 4.11. The summed E-state index contributed by atoms with van der Waals surface area (Å²) >= 11 is 5.79. The van der Waals surface area contributed by atoms with Crippen molar-refractivity contribution in [2.75, 3.05) is 0 Å². The minimum atomic E-state index is -1.25. The van der Waals surface area contributed by atoms with E-state index in [1.807, 2.05) is 0 Å². The zero-order valence-electron chi connectivity index (χ0n) is 11.0. The second-order valence-electron chi connectivity index (χ2n) is 5.17. The predicted molar refractivity (Wildman–Crippen MR) is 73.1 cm³/mol. The van der Waals surface area contributed by atoms with Crippen molar-refractivity contribution < 1.29 is 19.4 Å². The lowest BCUT2D eigenvalue weighted by atomic mass is 9.82. The predicted octanol–water partition coefficient (Wildman–Crippen LogP) is 0.276. The maximum Gasteiger partial charge on any atom is 0.227 e. The summed E-state index contributed by atoms with van der Waals surface area (Å²) in [6, 6.07) is 7.07. The van der Waals surface area contributed by atoms with Gasteiger partial charge in [-0.2, -0.15) is 0 Å². The first-order valence-corrected chi connectivity index (χ1v) is 7.01. The second-order valence-corrected chi connectivity index (χ2v) is 5.60. The van der Waals surface area contributed by atoms with Gasteiger partial charge in [-0.25, -0.2) is 0 Å². The molecule has 5 nitrogen and oxygen atoms in total. The van der Waals surface area contributed by atoms with Crippen molar-refractivity contribution in [1.29, 1.82) is 0 Å². The normalized spacial score (nSPS) is 29.6. The fourth-order valence-corrected chi connectivity index (χ4v) is 2.94. The molecule has 1 aromatic rings. The fourth-order valence-electron chi connectivity index (χ4n) is 2.81. The largest absolute Gasteiger partial charge is 0.550 e. The van der Waals surface area contributed by atoms with E-state index >= 15 is 0 Å². The van der Waals surface area contributed by atoms with Gasteiger partial charge in [-0.15, -0.1) is 0 Å². The number of fused-ring (bicyclic) bond motifs is 2. The molecule has 2 aliphatic heterocycles. The number of carbonyl (C=O) groups is 2. The number of carboxylic acids is 1. The van der Waals surface area contributed by atoms with Crippen molar-refractivity contribution in [3.05, 3.63) is 47.0 Å². The molecule has 6 heteroatoms. The highest BCUT2D eigenvalue weighted by atomic mass is 35.5.